The lowest BCUT2D eigenvalue weighted by atomic mass is 9.89. The Kier molecular flexibility index (Phi) is 7.41. The maximum Gasteiger partial charge on any atom is 0.338 e. The van der Waals surface area contributed by atoms with E-state index in [1.807, 2.05) is 0 Å². The summed E-state index contributed by atoms with van der Waals surface area (Å²) in [5.41, 5.74) is -1.91. The molecular weight excluding hydrogens is 576 g/mol. The SMILES string of the molecule is O=C(OCC1OC(c2c(O)cc3oc(-c4ccc(O)c(O)c4)cc(=O)c3c2O)C(O)C(O)C1O)c1cc(O)c(O)c(O)c1. The first kappa shape index (κ1) is 29.3. The molecule has 0 radical (unpaired) electrons. The number of aliphatic hydroxyl groups is 3. The molecule has 0 saturated carbocycles. The molecule has 5 rings (SSSR count). The molecule has 1 fully saturated rings. The number of hydrogen-bond donors (Lipinski definition) is 10. The van der Waals surface area contributed by atoms with Crippen LogP contribution in [0, 0.1) is 0 Å². The molecule has 0 spiro atoms. The zero-order valence-corrected chi connectivity index (χ0v) is 21.6. The van der Waals surface area contributed by atoms with E-state index >= 15 is 0 Å². The molecule has 5 atom stereocenters. The summed E-state index contributed by atoms with van der Waals surface area (Å²) in [5, 5.41) is 101. The number of phenols is 7. The van der Waals surface area contributed by atoms with Crippen LogP contribution in [0.4, 0.5) is 0 Å². The van der Waals surface area contributed by atoms with Gasteiger partial charge >= 0.3 is 5.97 Å². The Labute approximate surface area is 239 Å². The van der Waals surface area contributed by atoms with Crippen molar-refractivity contribution in [2.24, 2.45) is 0 Å². The number of benzene rings is 3. The van der Waals surface area contributed by atoms with Crippen LogP contribution in [0.2, 0.25) is 0 Å². The van der Waals surface area contributed by atoms with Crippen molar-refractivity contribution in [3.8, 4) is 51.6 Å². The Hall–Kier alpha value is -5.22. The summed E-state index contributed by atoms with van der Waals surface area (Å²) in [5.74, 6) is -6.31. The van der Waals surface area contributed by atoms with Crippen molar-refractivity contribution >= 4 is 16.9 Å². The van der Waals surface area contributed by atoms with Gasteiger partial charge in [-0.15, -0.1) is 0 Å². The summed E-state index contributed by atoms with van der Waals surface area (Å²) in [7, 11) is 0. The van der Waals surface area contributed by atoms with Gasteiger partial charge in [0.25, 0.3) is 0 Å². The van der Waals surface area contributed by atoms with Gasteiger partial charge in [-0.2, -0.15) is 0 Å². The zero-order valence-electron chi connectivity index (χ0n) is 21.6. The fourth-order valence-corrected chi connectivity index (χ4v) is 4.69. The summed E-state index contributed by atoms with van der Waals surface area (Å²) in [6.07, 6.45) is -9.11. The lowest BCUT2D eigenvalue weighted by Gasteiger charge is -2.40. The largest absolute Gasteiger partial charge is 0.507 e. The second kappa shape index (κ2) is 10.9. The van der Waals surface area contributed by atoms with Gasteiger partial charge in [0.2, 0.25) is 0 Å². The molecule has 226 valence electrons. The van der Waals surface area contributed by atoms with Crippen LogP contribution in [0.5, 0.6) is 40.2 Å². The number of rotatable bonds is 5. The molecule has 15 heteroatoms. The van der Waals surface area contributed by atoms with Crippen molar-refractivity contribution in [2.45, 2.75) is 30.5 Å². The smallest absolute Gasteiger partial charge is 0.338 e. The number of carbonyl (C=O) groups is 1. The summed E-state index contributed by atoms with van der Waals surface area (Å²) in [6, 6.07) is 7.10. The molecule has 15 nitrogen and oxygen atoms in total. The van der Waals surface area contributed by atoms with Crippen LogP contribution in [0.25, 0.3) is 22.3 Å². The van der Waals surface area contributed by atoms with Crippen LogP contribution in [0.1, 0.15) is 22.0 Å². The molecule has 5 unspecified atom stereocenters. The van der Waals surface area contributed by atoms with E-state index in [2.05, 4.69) is 0 Å². The molecule has 10 N–H and O–H groups in total. The summed E-state index contributed by atoms with van der Waals surface area (Å²) in [4.78, 5) is 25.5. The van der Waals surface area contributed by atoms with Gasteiger partial charge < -0.3 is 65.0 Å². The Balaban J connectivity index is 1.46. The van der Waals surface area contributed by atoms with Crippen LogP contribution in [-0.4, -0.2) is 88.1 Å². The van der Waals surface area contributed by atoms with Gasteiger partial charge in [0.05, 0.1) is 11.1 Å². The predicted molar refractivity (Wildman–Crippen MR) is 142 cm³/mol. The Morgan fingerprint density at radius 2 is 1.42 bits per heavy atom. The van der Waals surface area contributed by atoms with Gasteiger partial charge in [0, 0.05) is 17.7 Å². The molecule has 2 heterocycles. The van der Waals surface area contributed by atoms with Crippen LogP contribution >= 0.6 is 0 Å². The van der Waals surface area contributed by atoms with E-state index in [9.17, 15) is 60.7 Å². The van der Waals surface area contributed by atoms with Gasteiger partial charge in [-0.25, -0.2) is 4.79 Å². The Morgan fingerprint density at radius 1 is 0.744 bits per heavy atom. The molecule has 43 heavy (non-hydrogen) atoms. The average molecular weight is 600 g/mol. The van der Waals surface area contributed by atoms with Crippen LogP contribution in [-0.2, 0) is 9.47 Å². The maximum atomic E-state index is 13.0. The van der Waals surface area contributed by atoms with E-state index in [4.69, 9.17) is 13.9 Å². The van der Waals surface area contributed by atoms with Gasteiger partial charge in [0.1, 0.15) is 65.4 Å². The van der Waals surface area contributed by atoms with E-state index in [1.165, 1.54) is 6.07 Å². The zero-order chi connectivity index (χ0) is 31.3. The van der Waals surface area contributed by atoms with Crippen LogP contribution in [0.15, 0.2) is 51.7 Å². The van der Waals surface area contributed by atoms with Gasteiger partial charge in [-0.1, -0.05) is 0 Å². The summed E-state index contributed by atoms with van der Waals surface area (Å²) >= 11 is 0. The van der Waals surface area contributed by atoms with Crippen molar-refractivity contribution < 1.29 is 69.8 Å². The van der Waals surface area contributed by atoms with Gasteiger partial charge in [0.15, 0.2) is 34.2 Å². The standard InChI is InChI=1S/C28H24O15/c29-11-2-1-9(3-12(11)30)17-6-13(31)20-18(42-17)7-14(32)21(24(20)37)27-26(39)25(38)23(36)19(43-27)8-41-28(40)10-4-15(33)22(35)16(34)5-10/h1-7,19,23,25-27,29-30,32-39H,8H2. The number of fused-ring (bicyclic) bond motifs is 1. The Bertz CT molecular complexity index is 1770. The number of phenolic OH excluding ortho intramolecular Hbond substituents is 7. The molecule has 1 aromatic heterocycles. The minimum atomic E-state index is -1.96. The van der Waals surface area contributed by atoms with Gasteiger partial charge in [-0.3, -0.25) is 4.79 Å². The molecule has 1 saturated heterocycles. The minimum Gasteiger partial charge on any atom is -0.507 e. The fourth-order valence-electron chi connectivity index (χ4n) is 4.69. The first-order valence-electron chi connectivity index (χ1n) is 12.4. The van der Waals surface area contributed by atoms with E-state index in [1.54, 1.807) is 0 Å². The normalized spacial score (nSPS) is 22.0. The minimum absolute atomic E-state index is 0.0935. The number of carbonyl (C=O) groups excluding carboxylic acids is 1. The molecule has 3 aromatic carbocycles. The maximum absolute atomic E-state index is 13.0. The van der Waals surface area contributed by atoms with E-state index in [-0.39, 0.29) is 16.9 Å². The molecule has 0 bridgehead atoms. The van der Waals surface area contributed by atoms with E-state index in [0.29, 0.717) is 0 Å². The highest BCUT2D eigenvalue weighted by atomic mass is 16.6. The molecule has 0 aliphatic carbocycles. The van der Waals surface area contributed by atoms with Crippen molar-refractivity contribution in [1.29, 1.82) is 0 Å². The van der Waals surface area contributed by atoms with Crippen molar-refractivity contribution in [3.63, 3.8) is 0 Å². The quantitative estimate of drug-likeness (QED) is 0.112. The monoisotopic (exact) mass is 600 g/mol. The Morgan fingerprint density at radius 3 is 2.07 bits per heavy atom. The molecule has 4 aromatic rings. The lowest BCUT2D eigenvalue weighted by Crippen LogP contribution is -2.55. The van der Waals surface area contributed by atoms with Crippen molar-refractivity contribution in [3.05, 3.63) is 63.8 Å². The van der Waals surface area contributed by atoms with Crippen LogP contribution < -0.4 is 5.43 Å². The van der Waals surface area contributed by atoms with Crippen LogP contribution in [0.3, 0.4) is 0 Å². The summed E-state index contributed by atoms with van der Waals surface area (Å²) < 4.78 is 16.3. The highest BCUT2D eigenvalue weighted by Crippen LogP contribution is 2.45. The van der Waals surface area contributed by atoms with Crippen molar-refractivity contribution in [1.82, 2.24) is 0 Å². The first-order chi connectivity index (χ1) is 20.3. The second-order valence-corrected chi connectivity index (χ2v) is 9.74. The van der Waals surface area contributed by atoms with Gasteiger partial charge in [-0.05, 0) is 30.3 Å². The summed E-state index contributed by atoms with van der Waals surface area (Å²) in [6.45, 7) is -0.775. The number of hydrogen-bond acceptors (Lipinski definition) is 15. The third-order valence-electron chi connectivity index (χ3n) is 6.95. The number of aliphatic hydroxyl groups excluding tert-OH is 3. The molecular formula is C28H24O15. The molecule has 0 amide bonds. The highest BCUT2D eigenvalue weighted by molar-refractivity contribution is 5.91. The number of esters is 1. The topological polar surface area (TPSA) is 268 Å². The first-order valence-corrected chi connectivity index (χ1v) is 12.4. The predicted octanol–water partition coefficient (Wildman–Crippen LogP) is 0.779. The van der Waals surface area contributed by atoms with Crippen molar-refractivity contribution in [2.75, 3.05) is 6.61 Å². The third-order valence-corrected chi connectivity index (χ3v) is 6.95. The number of ether oxygens (including phenoxy) is 2. The van der Waals surface area contributed by atoms with E-state index in [0.717, 1.165) is 36.4 Å². The highest BCUT2D eigenvalue weighted by Gasteiger charge is 2.47. The third kappa shape index (κ3) is 5.17. The lowest BCUT2D eigenvalue weighted by molar-refractivity contribution is -0.232. The fraction of sp³-hybridized carbons (Fsp3) is 0.214. The average Bonchev–Trinajstić information content (AvgIpc) is 2.95. The molecule has 1 aliphatic rings. The van der Waals surface area contributed by atoms with E-state index < -0.39 is 105 Å². The molecule has 1 aliphatic heterocycles. The number of aromatic hydroxyl groups is 7. The second-order valence-electron chi connectivity index (χ2n) is 9.74.